The Morgan fingerprint density at radius 2 is 1.60 bits per heavy atom. The molecule has 0 radical (unpaired) electrons. The highest BCUT2D eigenvalue weighted by atomic mass is 19.3. The third-order valence-electron chi connectivity index (χ3n) is 7.28. The molecule has 4 aromatic rings. The van der Waals surface area contributed by atoms with Crippen molar-refractivity contribution in [3.05, 3.63) is 107 Å². The van der Waals surface area contributed by atoms with Crippen molar-refractivity contribution in [2.24, 2.45) is 0 Å². The number of alkyl carbamates (subject to hydrolysis) is 1. The SMILES string of the molecule is CCCCC[C@H](NC(=O)OC(C)(C)C)C(=O)OC(Cn1cnnn1)(c1ccc(F)cc1F)C(F)(F)c1ccc(C#Cc2ccc(F)cc2)cn1. The Morgan fingerprint density at radius 1 is 0.920 bits per heavy atom. The van der Waals surface area contributed by atoms with Crippen LogP contribution in [0, 0.1) is 29.3 Å². The van der Waals surface area contributed by atoms with Crippen LogP contribution in [0.3, 0.4) is 0 Å². The van der Waals surface area contributed by atoms with Crippen LogP contribution in [-0.4, -0.2) is 48.9 Å². The molecule has 4 rings (SSSR count). The number of hydrogen-bond acceptors (Lipinski definition) is 8. The molecular formula is C35H35F5N6O4. The minimum absolute atomic E-state index is 0.0377. The van der Waals surface area contributed by atoms with Gasteiger partial charge >= 0.3 is 18.0 Å². The Kier molecular flexibility index (Phi) is 11.9. The lowest BCUT2D eigenvalue weighted by molar-refractivity contribution is -0.234. The largest absolute Gasteiger partial charge is 0.444 e. The van der Waals surface area contributed by atoms with E-state index >= 15 is 13.2 Å². The van der Waals surface area contributed by atoms with Gasteiger partial charge in [-0.3, -0.25) is 4.98 Å². The molecule has 2 aromatic carbocycles. The summed E-state index contributed by atoms with van der Waals surface area (Å²) in [6.45, 7) is 5.62. The number of esters is 1. The first-order valence-electron chi connectivity index (χ1n) is 15.6. The number of carbonyl (C=O) groups excluding carboxylic acids is 2. The monoisotopic (exact) mass is 698 g/mol. The third-order valence-corrected chi connectivity index (χ3v) is 7.28. The van der Waals surface area contributed by atoms with E-state index < -0.39 is 70.5 Å². The molecule has 0 fully saturated rings. The third kappa shape index (κ3) is 9.40. The number of pyridine rings is 1. The molecule has 50 heavy (non-hydrogen) atoms. The van der Waals surface area contributed by atoms with E-state index in [4.69, 9.17) is 9.47 Å². The summed E-state index contributed by atoms with van der Waals surface area (Å²) in [5, 5.41) is 12.9. The molecule has 2 heterocycles. The lowest BCUT2D eigenvalue weighted by Gasteiger charge is -2.40. The van der Waals surface area contributed by atoms with Crippen LogP contribution in [0.25, 0.3) is 0 Å². The van der Waals surface area contributed by atoms with Gasteiger partial charge in [-0.05, 0) is 86.1 Å². The molecular weight excluding hydrogens is 663 g/mol. The van der Waals surface area contributed by atoms with Crippen LogP contribution in [-0.2, 0) is 32.3 Å². The van der Waals surface area contributed by atoms with Gasteiger partial charge in [-0.25, -0.2) is 27.4 Å². The van der Waals surface area contributed by atoms with Gasteiger partial charge in [0.25, 0.3) is 0 Å². The maximum Gasteiger partial charge on any atom is 0.408 e. The van der Waals surface area contributed by atoms with E-state index in [1.807, 2.05) is 6.92 Å². The standard InChI is InChI=1S/C35H35F5N6O4/c1-5-6-7-8-29(43-32(48)50-33(2,3)4)31(47)49-34(21-46-22-42-44-45-46,27-17-16-26(37)19-28(27)38)35(39,40)30-18-13-24(20-41-30)10-9-23-11-14-25(36)15-12-23/h11-20,22,29H,5-8,21H2,1-4H3,(H,43,48)/t29-,34?/m0/s1. The first-order chi connectivity index (χ1) is 23.6. The molecule has 264 valence electrons. The van der Waals surface area contributed by atoms with Gasteiger partial charge in [0, 0.05) is 29.0 Å². The Hall–Kier alpha value is -5.39. The summed E-state index contributed by atoms with van der Waals surface area (Å²) >= 11 is 0. The lowest BCUT2D eigenvalue weighted by atomic mass is 9.83. The Labute approximate surface area is 285 Å². The number of benzene rings is 2. The van der Waals surface area contributed by atoms with Crippen molar-refractivity contribution in [2.75, 3.05) is 0 Å². The van der Waals surface area contributed by atoms with Crippen LogP contribution in [0.5, 0.6) is 0 Å². The summed E-state index contributed by atoms with van der Waals surface area (Å²) in [6, 6.07) is 7.74. The van der Waals surface area contributed by atoms with Crippen LogP contribution in [0.1, 0.15) is 75.8 Å². The van der Waals surface area contributed by atoms with Gasteiger partial charge in [-0.1, -0.05) is 38.0 Å². The van der Waals surface area contributed by atoms with Crippen LogP contribution >= 0.6 is 0 Å². The van der Waals surface area contributed by atoms with Crippen LogP contribution < -0.4 is 5.32 Å². The highest BCUT2D eigenvalue weighted by Gasteiger charge is 2.62. The van der Waals surface area contributed by atoms with Crippen molar-refractivity contribution in [1.82, 2.24) is 30.5 Å². The number of aromatic nitrogens is 5. The predicted molar refractivity (Wildman–Crippen MR) is 170 cm³/mol. The fourth-order valence-electron chi connectivity index (χ4n) is 4.88. The van der Waals surface area contributed by atoms with Crippen molar-refractivity contribution in [3.63, 3.8) is 0 Å². The average Bonchev–Trinajstić information content (AvgIpc) is 3.56. The number of carbonyl (C=O) groups is 2. The minimum Gasteiger partial charge on any atom is -0.444 e. The van der Waals surface area contributed by atoms with Gasteiger partial charge in [-0.2, -0.15) is 8.78 Å². The number of ether oxygens (including phenoxy) is 2. The van der Waals surface area contributed by atoms with Crippen molar-refractivity contribution in [2.45, 2.75) is 83.1 Å². The summed E-state index contributed by atoms with van der Waals surface area (Å²) in [7, 11) is 0. The number of nitrogens with one attached hydrogen (secondary N) is 1. The number of tetrazole rings is 1. The van der Waals surface area contributed by atoms with Crippen molar-refractivity contribution < 1.29 is 41.0 Å². The molecule has 1 amide bonds. The average molecular weight is 699 g/mol. The molecule has 1 N–H and O–H groups in total. The fourth-order valence-corrected chi connectivity index (χ4v) is 4.88. The van der Waals surface area contributed by atoms with E-state index in [-0.39, 0.29) is 12.0 Å². The van der Waals surface area contributed by atoms with Crippen LogP contribution in [0.2, 0.25) is 0 Å². The number of unbranched alkanes of at least 4 members (excludes halogenated alkanes) is 2. The smallest absolute Gasteiger partial charge is 0.408 e. The first-order valence-corrected chi connectivity index (χ1v) is 15.6. The zero-order valence-corrected chi connectivity index (χ0v) is 27.7. The number of nitrogens with zero attached hydrogens (tertiary/aromatic N) is 5. The van der Waals surface area contributed by atoms with Crippen LogP contribution in [0.4, 0.5) is 26.7 Å². The molecule has 0 aliphatic heterocycles. The molecule has 0 bridgehead atoms. The number of rotatable bonds is 12. The second-order valence-electron chi connectivity index (χ2n) is 12.3. The summed E-state index contributed by atoms with van der Waals surface area (Å²) < 4.78 is 89.3. The van der Waals surface area contributed by atoms with Gasteiger partial charge in [0.1, 0.15) is 41.1 Å². The van der Waals surface area contributed by atoms with Gasteiger partial charge in [0.2, 0.25) is 5.60 Å². The summed E-state index contributed by atoms with van der Waals surface area (Å²) in [6.07, 6.45) is 2.66. The lowest BCUT2D eigenvalue weighted by Crippen LogP contribution is -2.54. The zero-order valence-electron chi connectivity index (χ0n) is 27.7. The molecule has 0 aliphatic rings. The van der Waals surface area contributed by atoms with E-state index in [0.717, 1.165) is 41.8 Å². The maximum atomic E-state index is 17.2. The molecule has 2 atom stereocenters. The van der Waals surface area contributed by atoms with E-state index in [1.165, 1.54) is 30.3 Å². The second kappa shape index (κ2) is 15.9. The number of hydrogen-bond donors (Lipinski definition) is 1. The van der Waals surface area contributed by atoms with Crippen molar-refractivity contribution in [3.8, 4) is 11.8 Å². The Balaban J connectivity index is 1.83. The van der Waals surface area contributed by atoms with Gasteiger partial charge < -0.3 is 14.8 Å². The topological polar surface area (TPSA) is 121 Å². The van der Waals surface area contributed by atoms with E-state index in [1.54, 1.807) is 20.8 Å². The summed E-state index contributed by atoms with van der Waals surface area (Å²) in [5.41, 5.74) is -5.51. The molecule has 1 unspecified atom stereocenters. The molecule has 10 nitrogen and oxygen atoms in total. The molecule has 0 aliphatic carbocycles. The van der Waals surface area contributed by atoms with E-state index in [9.17, 15) is 18.4 Å². The number of halogens is 5. The Morgan fingerprint density at radius 3 is 2.20 bits per heavy atom. The normalized spacial score (nSPS) is 13.4. The molecule has 0 saturated heterocycles. The van der Waals surface area contributed by atoms with Gasteiger partial charge in [0.05, 0.1) is 6.54 Å². The van der Waals surface area contributed by atoms with Gasteiger partial charge in [0.15, 0.2) is 0 Å². The molecule has 0 saturated carbocycles. The Bertz CT molecular complexity index is 1820. The number of amides is 1. The zero-order chi connectivity index (χ0) is 36.5. The summed E-state index contributed by atoms with van der Waals surface area (Å²) in [5.74, 6) is -3.22. The molecule has 0 spiro atoms. The van der Waals surface area contributed by atoms with Gasteiger partial charge in [-0.15, -0.1) is 5.10 Å². The molecule has 15 heteroatoms. The minimum atomic E-state index is -4.36. The maximum absolute atomic E-state index is 17.2. The molecule has 2 aromatic heterocycles. The highest BCUT2D eigenvalue weighted by molar-refractivity contribution is 5.82. The van der Waals surface area contributed by atoms with E-state index in [2.05, 4.69) is 37.7 Å². The van der Waals surface area contributed by atoms with E-state index in [0.29, 0.717) is 24.5 Å². The van der Waals surface area contributed by atoms with Crippen molar-refractivity contribution >= 4 is 12.1 Å². The highest BCUT2D eigenvalue weighted by Crippen LogP contribution is 2.50. The fraction of sp³-hybridized carbons (Fsp3) is 0.371. The van der Waals surface area contributed by atoms with Crippen molar-refractivity contribution in [1.29, 1.82) is 0 Å². The quantitative estimate of drug-likeness (QED) is 0.0762. The summed E-state index contributed by atoms with van der Waals surface area (Å²) in [4.78, 5) is 30.6. The number of alkyl halides is 2. The second-order valence-corrected chi connectivity index (χ2v) is 12.3. The first kappa shape index (κ1) is 37.4. The predicted octanol–water partition coefficient (Wildman–Crippen LogP) is 6.59. The van der Waals surface area contributed by atoms with Crippen LogP contribution in [0.15, 0.2) is 67.1 Å².